The SMILES string of the molecule is CNC1CCc2ccc(I)cc21. The quantitative estimate of drug-likeness (QED) is 0.775. The van der Waals surface area contributed by atoms with Crippen molar-refractivity contribution >= 4 is 22.6 Å². The Labute approximate surface area is 86.7 Å². The van der Waals surface area contributed by atoms with E-state index >= 15 is 0 Å². The molecule has 1 atom stereocenters. The molecule has 1 unspecified atom stereocenters. The maximum atomic E-state index is 3.34. The summed E-state index contributed by atoms with van der Waals surface area (Å²) in [6, 6.07) is 7.34. The van der Waals surface area contributed by atoms with Crippen LogP contribution in [0.15, 0.2) is 18.2 Å². The van der Waals surface area contributed by atoms with Crippen LogP contribution in [0.2, 0.25) is 0 Å². The van der Waals surface area contributed by atoms with E-state index in [1.807, 2.05) is 7.05 Å². The van der Waals surface area contributed by atoms with Crippen molar-refractivity contribution in [2.75, 3.05) is 7.05 Å². The third-order valence-electron chi connectivity index (χ3n) is 2.53. The Morgan fingerprint density at radius 2 is 2.33 bits per heavy atom. The van der Waals surface area contributed by atoms with Crippen LogP contribution in [-0.4, -0.2) is 7.05 Å². The lowest BCUT2D eigenvalue weighted by Gasteiger charge is -2.09. The summed E-state index contributed by atoms with van der Waals surface area (Å²) in [5, 5.41) is 3.34. The van der Waals surface area contributed by atoms with Gasteiger partial charge in [0.05, 0.1) is 0 Å². The predicted molar refractivity (Wildman–Crippen MR) is 59.3 cm³/mol. The second-order valence-corrected chi connectivity index (χ2v) is 4.47. The van der Waals surface area contributed by atoms with E-state index in [1.54, 1.807) is 0 Å². The van der Waals surface area contributed by atoms with Gasteiger partial charge in [-0.15, -0.1) is 0 Å². The van der Waals surface area contributed by atoms with E-state index in [0.29, 0.717) is 6.04 Å². The number of nitrogens with one attached hydrogen (secondary N) is 1. The first-order valence-corrected chi connectivity index (χ1v) is 5.34. The van der Waals surface area contributed by atoms with Gasteiger partial charge in [-0.1, -0.05) is 6.07 Å². The summed E-state index contributed by atoms with van der Waals surface area (Å²) in [7, 11) is 2.04. The van der Waals surface area contributed by atoms with Crippen molar-refractivity contribution in [3.05, 3.63) is 32.9 Å². The Morgan fingerprint density at radius 3 is 3.08 bits per heavy atom. The van der Waals surface area contributed by atoms with Gasteiger partial charge in [-0.05, 0) is 65.7 Å². The van der Waals surface area contributed by atoms with Gasteiger partial charge in [-0.2, -0.15) is 0 Å². The molecule has 64 valence electrons. The van der Waals surface area contributed by atoms with E-state index in [1.165, 1.54) is 27.5 Å². The minimum atomic E-state index is 0.592. The molecule has 1 aliphatic carbocycles. The average Bonchev–Trinajstić information content (AvgIpc) is 2.46. The molecule has 0 heterocycles. The standard InChI is InChI=1S/C10H12IN/c1-12-10-5-3-7-2-4-8(11)6-9(7)10/h2,4,6,10,12H,3,5H2,1H3. The van der Waals surface area contributed by atoms with Crippen LogP contribution in [0.1, 0.15) is 23.6 Å². The zero-order chi connectivity index (χ0) is 8.55. The van der Waals surface area contributed by atoms with Crippen molar-refractivity contribution in [2.24, 2.45) is 0 Å². The summed E-state index contributed by atoms with van der Waals surface area (Å²) in [5.41, 5.74) is 3.03. The average molecular weight is 273 g/mol. The van der Waals surface area contributed by atoms with Crippen LogP contribution in [0.3, 0.4) is 0 Å². The Morgan fingerprint density at radius 1 is 1.50 bits per heavy atom. The third-order valence-corrected chi connectivity index (χ3v) is 3.21. The van der Waals surface area contributed by atoms with Gasteiger partial charge in [0.15, 0.2) is 0 Å². The highest BCUT2D eigenvalue weighted by Crippen LogP contribution is 2.31. The second-order valence-electron chi connectivity index (χ2n) is 3.22. The van der Waals surface area contributed by atoms with Crippen molar-refractivity contribution in [3.8, 4) is 0 Å². The molecule has 0 bridgehead atoms. The molecule has 1 aliphatic rings. The van der Waals surface area contributed by atoms with Gasteiger partial charge in [0.25, 0.3) is 0 Å². The number of fused-ring (bicyclic) bond motifs is 1. The topological polar surface area (TPSA) is 12.0 Å². The van der Waals surface area contributed by atoms with E-state index in [9.17, 15) is 0 Å². The molecular formula is C10H12IN. The van der Waals surface area contributed by atoms with Crippen LogP contribution in [0.25, 0.3) is 0 Å². The lowest BCUT2D eigenvalue weighted by atomic mass is 10.1. The summed E-state index contributed by atoms with van der Waals surface area (Å²) in [5.74, 6) is 0. The molecule has 1 N–H and O–H groups in total. The number of hydrogen-bond donors (Lipinski definition) is 1. The van der Waals surface area contributed by atoms with Crippen LogP contribution < -0.4 is 5.32 Å². The van der Waals surface area contributed by atoms with Crippen molar-refractivity contribution in [3.63, 3.8) is 0 Å². The van der Waals surface area contributed by atoms with Gasteiger partial charge in [0.1, 0.15) is 0 Å². The van der Waals surface area contributed by atoms with E-state index < -0.39 is 0 Å². The molecule has 2 heteroatoms. The summed E-state index contributed by atoms with van der Waals surface area (Å²) < 4.78 is 1.34. The lowest BCUT2D eigenvalue weighted by Crippen LogP contribution is -2.12. The second kappa shape index (κ2) is 3.34. The van der Waals surface area contributed by atoms with Crippen molar-refractivity contribution in [1.82, 2.24) is 5.32 Å². The molecule has 12 heavy (non-hydrogen) atoms. The summed E-state index contributed by atoms with van der Waals surface area (Å²) in [6.07, 6.45) is 2.49. The van der Waals surface area contributed by atoms with Gasteiger partial charge >= 0.3 is 0 Å². The smallest absolute Gasteiger partial charge is 0.0323 e. The predicted octanol–water partition coefficient (Wildman–Crippen LogP) is 2.50. The number of rotatable bonds is 1. The highest BCUT2D eigenvalue weighted by molar-refractivity contribution is 14.1. The van der Waals surface area contributed by atoms with E-state index in [-0.39, 0.29) is 0 Å². The molecule has 0 radical (unpaired) electrons. The van der Waals surface area contributed by atoms with Gasteiger partial charge in [-0.3, -0.25) is 0 Å². The molecule has 0 aromatic heterocycles. The first kappa shape index (κ1) is 8.51. The van der Waals surface area contributed by atoms with Gasteiger partial charge < -0.3 is 5.32 Å². The van der Waals surface area contributed by atoms with Gasteiger partial charge in [0.2, 0.25) is 0 Å². The molecule has 0 aliphatic heterocycles. The minimum absolute atomic E-state index is 0.592. The monoisotopic (exact) mass is 273 g/mol. The third kappa shape index (κ3) is 1.38. The summed E-state index contributed by atoms with van der Waals surface area (Å²) >= 11 is 2.37. The fraction of sp³-hybridized carbons (Fsp3) is 0.400. The van der Waals surface area contributed by atoms with Crippen LogP contribution in [0.4, 0.5) is 0 Å². The molecule has 0 amide bonds. The van der Waals surface area contributed by atoms with E-state index in [4.69, 9.17) is 0 Å². The van der Waals surface area contributed by atoms with Crippen LogP contribution in [0, 0.1) is 3.57 Å². The molecule has 0 spiro atoms. The van der Waals surface area contributed by atoms with Crippen molar-refractivity contribution < 1.29 is 0 Å². The molecule has 0 saturated carbocycles. The number of aryl methyl sites for hydroxylation is 1. The summed E-state index contributed by atoms with van der Waals surface area (Å²) in [6.45, 7) is 0. The first-order valence-electron chi connectivity index (χ1n) is 4.27. The van der Waals surface area contributed by atoms with Crippen LogP contribution in [0.5, 0.6) is 0 Å². The van der Waals surface area contributed by atoms with Crippen molar-refractivity contribution in [1.29, 1.82) is 0 Å². The normalized spacial score (nSPS) is 21.0. The number of hydrogen-bond acceptors (Lipinski definition) is 1. The van der Waals surface area contributed by atoms with Crippen LogP contribution >= 0.6 is 22.6 Å². The molecule has 1 aromatic carbocycles. The Balaban J connectivity index is 2.42. The minimum Gasteiger partial charge on any atom is -0.313 e. The zero-order valence-corrected chi connectivity index (χ0v) is 9.26. The fourth-order valence-corrected chi connectivity index (χ4v) is 2.39. The van der Waals surface area contributed by atoms with Gasteiger partial charge in [0, 0.05) is 9.61 Å². The molecule has 0 saturated heterocycles. The molecule has 1 nitrogen and oxygen atoms in total. The van der Waals surface area contributed by atoms with Gasteiger partial charge in [-0.25, -0.2) is 0 Å². The largest absolute Gasteiger partial charge is 0.313 e. The maximum Gasteiger partial charge on any atom is 0.0323 e. The van der Waals surface area contributed by atoms with E-state index in [2.05, 4.69) is 46.1 Å². The van der Waals surface area contributed by atoms with Crippen molar-refractivity contribution in [2.45, 2.75) is 18.9 Å². The summed E-state index contributed by atoms with van der Waals surface area (Å²) in [4.78, 5) is 0. The van der Waals surface area contributed by atoms with E-state index in [0.717, 1.165) is 0 Å². The lowest BCUT2D eigenvalue weighted by molar-refractivity contribution is 0.590. The molecule has 0 fully saturated rings. The first-order chi connectivity index (χ1) is 5.81. The van der Waals surface area contributed by atoms with Crippen LogP contribution in [-0.2, 0) is 6.42 Å². The Bertz CT molecular complexity index is 296. The fourth-order valence-electron chi connectivity index (χ4n) is 1.87. The highest BCUT2D eigenvalue weighted by Gasteiger charge is 2.20. The Hall–Kier alpha value is -0.0900. The number of halogens is 1. The Kier molecular flexibility index (Phi) is 2.37. The molecule has 2 rings (SSSR count). The highest BCUT2D eigenvalue weighted by atomic mass is 127. The maximum absolute atomic E-state index is 3.34. The number of benzene rings is 1. The molecule has 1 aromatic rings. The zero-order valence-electron chi connectivity index (χ0n) is 7.10. The molecular weight excluding hydrogens is 261 g/mol.